The van der Waals surface area contributed by atoms with Gasteiger partial charge in [0.15, 0.2) is 0 Å². The second-order valence-electron chi connectivity index (χ2n) is 5.59. The molecule has 0 spiro atoms. The maximum Gasteiger partial charge on any atom is 0.0673 e. The normalized spacial score (nSPS) is 29.2. The maximum atomic E-state index is 10.6. The molecule has 2 atom stereocenters. The molecule has 1 aliphatic rings. The summed E-state index contributed by atoms with van der Waals surface area (Å²) >= 11 is 0. The number of benzene rings is 1. The van der Waals surface area contributed by atoms with E-state index in [9.17, 15) is 5.11 Å². The van der Waals surface area contributed by atoms with E-state index in [0.29, 0.717) is 5.92 Å². The predicted octanol–water partition coefficient (Wildman–Crippen LogP) is 3.95. The zero-order valence-electron chi connectivity index (χ0n) is 10.9. The molecule has 0 amide bonds. The Morgan fingerprint density at radius 3 is 2.71 bits per heavy atom. The molecule has 0 radical (unpaired) electrons. The van der Waals surface area contributed by atoms with Crippen molar-refractivity contribution in [2.24, 2.45) is 5.92 Å². The van der Waals surface area contributed by atoms with E-state index in [2.05, 4.69) is 37.3 Å². The molecule has 0 bridgehead atoms. The summed E-state index contributed by atoms with van der Waals surface area (Å²) in [7, 11) is 0. The first kappa shape index (κ1) is 12.6. The van der Waals surface area contributed by atoms with E-state index in [-0.39, 0.29) is 5.60 Å². The Hall–Kier alpha value is -0.820. The van der Waals surface area contributed by atoms with E-state index in [4.69, 9.17) is 0 Å². The van der Waals surface area contributed by atoms with Gasteiger partial charge in [-0.2, -0.15) is 0 Å². The summed E-state index contributed by atoms with van der Waals surface area (Å²) in [6, 6.07) is 10.6. The van der Waals surface area contributed by atoms with E-state index < -0.39 is 0 Å². The summed E-state index contributed by atoms with van der Waals surface area (Å²) in [5, 5.41) is 10.6. The lowest BCUT2D eigenvalue weighted by atomic mass is 9.73. The second kappa shape index (κ2) is 5.68. The third-order valence-corrected chi connectivity index (χ3v) is 4.33. The summed E-state index contributed by atoms with van der Waals surface area (Å²) in [6.07, 6.45) is 7.85. The topological polar surface area (TPSA) is 20.2 Å². The van der Waals surface area contributed by atoms with Gasteiger partial charge in [-0.15, -0.1) is 0 Å². The van der Waals surface area contributed by atoms with Gasteiger partial charge in [-0.1, -0.05) is 50.1 Å². The van der Waals surface area contributed by atoms with Gasteiger partial charge < -0.3 is 5.11 Å². The zero-order chi connectivity index (χ0) is 12.1. The molecule has 1 N–H and O–H groups in total. The molecule has 1 nitrogen and oxygen atoms in total. The minimum atomic E-state index is -0.382. The molecule has 94 valence electrons. The Kier molecular flexibility index (Phi) is 4.22. The van der Waals surface area contributed by atoms with Gasteiger partial charge >= 0.3 is 0 Å². The molecule has 0 saturated heterocycles. The third kappa shape index (κ3) is 3.32. The van der Waals surface area contributed by atoms with Crippen molar-refractivity contribution >= 4 is 0 Å². The molecule has 2 unspecified atom stereocenters. The standard InChI is InChI=1S/C16H24O/c1-14-8-5-6-12-16(14,17)13-7-11-15-9-3-2-4-10-15/h2-4,9-10,14,17H,5-8,11-13H2,1H3. The van der Waals surface area contributed by atoms with Crippen LogP contribution in [0.1, 0.15) is 51.0 Å². The Labute approximate surface area is 105 Å². The van der Waals surface area contributed by atoms with Crippen molar-refractivity contribution in [2.75, 3.05) is 0 Å². The highest BCUT2D eigenvalue weighted by atomic mass is 16.3. The van der Waals surface area contributed by atoms with Crippen molar-refractivity contribution in [3.63, 3.8) is 0 Å². The number of aliphatic hydroxyl groups is 1. The van der Waals surface area contributed by atoms with E-state index in [1.54, 1.807) is 0 Å². The molecule has 1 aliphatic carbocycles. The first-order valence-electron chi connectivity index (χ1n) is 6.97. The van der Waals surface area contributed by atoms with Crippen LogP contribution in [-0.2, 0) is 6.42 Å². The molecule has 2 rings (SSSR count). The molecule has 1 aromatic carbocycles. The van der Waals surface area contributed by atoms with Crippen LogP contribution in [0.4, 0.5) is 0 Å². The molecule has 1 saturated carbocycles. The average molecular weight is 232 g/mol. The summed E-state index contributed by atoms with van der Waals surface area (Å²) in [5.74, 6) is 0.479. The number of rotatable bonds is 4. The Morgan fingerprint density at radius 1 is 1.24 bits per heavy atom. The van der Waals surface area contributed by atoms with Crippen molar-refractivity contribution in [3.8, 4) is 0 Å². The Morgan fingerprint density at radius 2 is 2.00 bits per heavy atom. The Bertz CT molecular complexity index is 333. The van der Waals surface area contributed by atoms with Crippen LogP contribution < -0.4 is 0 Å². The fraction of sp³-hybridized carbons (Fsp3) is 0.625. The van der Waals surface area contributed by atoms with Crippen molar-refractivity contribution in [3.05, 3.63) is 35.9 Å². The lowest BCUT2D eigenvalue weighted by molar-refractivity contribution is -0.0491. The SMILES string of the molecule is CC1CCCCC1(O)CCCc1ccccc1. The lowest BCUT2D eigenvalue weighted by Crippen LogP contribution is -2.39. The molecular weight excluding hydrogens is 208 g/mol. The molecule has 1 heteroatoms. The number of aryl methyl sites for hydroxylation is 1. The molecule has 0 aromatic heterocycles. The molecule has 0 heterocycles. The van der Waals surface area contributed by atoms with E-state index in [0.717, 1.165) is 25.7 Å². The fourth-order valence-electron chi connectivity index (χ4n) is 3.01. The van der Waals surface area contributed by atoms with Crippen LogP contribution in [0.2, 0.25) is 0 Å². The van der Waals surface area contributed by atoms with E-state index >= 15 is 0 Å². The lowest BCUT2D eigenvalue weighted by Gasteiger charge is -2.38. The molecule has 1 aromatic rings. The minimum absolute atomic E-state index is 0.382. The van der Waals surface area contributed by atoms with Gasteiger partial charge in [0.25, 0.3) is 0 Å². The minimum Gasteiger partial charge on any atom is -0.390 e. The largest absolute Gasteiger partial charge is 0.390 e. The van der Waals surface area contributed by atoms with Crippen LogP contribution in [0.5, 0.6) is 0 Å². The number of hydrogen-bond acceptors (Lipinski definition) is 1. The zero-order valence-corrected chi connectivity index (χ0v) is 10.9. The van der Waals surface area contributed by atoms with Crippen LogP contribution in [0.25, 0.3) is 0 Å². The van der Waals surface area contributed by atoms with Crippen molar-refractivity contribution in [1.82, 2.24) is 0 Å². The summed E-state index contributed by atoms with van der Waals surface area (Å²) in [4.78, 5) is 0. The van der Waals surface area contributed by atoms with Crippen LogP contribution >= 0.6 is 0 Å². The second-order valence-corrected chi connectivity index (χ2v) is 5.59. The van der Waals surface area contributed by atoms with Gasteiger partial charge in [-0.05, 0) is 43.6 Å². The highest BCUT2D eigenvalue weighted by molar-refractivity contribution is 5.14. The summed E-state index contributed by atoms with van der Waals surface area (Å²) < 4.78 is 0. The van der Waals surface area contributed by atoms with E-state index in [1.165, 1.54) is 24.8 Å². The van der Waals surface area contributed by atoms with Gasteiger partial charge in [0.2, 0.25) is 0 Å². The van der Waals surface area contributed by atoms with Gasteiger partial charge in [-0.25, -0.2) is 0 Å². The summed E-state index contributed by atoms with van der Waals surface area (Å²) in [6.45, 7) is 2.21. The maximum absolute atomic E-state index is 10.6. The molecule has 0 aliphatic heterocycles. The van der Waals surface area contributed by atoms with Gasteiger partial charge in [-0.3, -0.25) is 0 Å². The van der Waals surface area contributed by atoms with Crippen molar-refractivity contribution in [1.29, 1.82) is 0 Å². The van der Waals surface area contributed by atoms with Gasteiger partial charge in [0.1, 0.15) is 0 Å². The van der Waals surface area contributed by atoms with Crippen LogP contribution in [0.3, 0.4) is 0 Å². The van der Waals surface area contributed by atoms with Crippen LogP contribution in [0.15, 0.2) is 30.3 Å². The first-order valence-corrected chi connectivity index (χ1v) is 6.97. The highest BCUT2D eigenvalue weighted by Crippen LogP contribution is 2.37. The van der Waals surface area contributed by atoms with Crippen molar-refractivity contribution in [2.45, 2.75) is 57.5 Å². The summed E-state index contributed by atoms with van der Waals surface area (Å²) in [5.41, 5.74) is 1.01. The molecule has 1 fully saturated rings. The predicted molar refractivity (Wildman–Crippen MR) is 72.0 cm³/mol. The third-order valence-electron chi connectivity index (χ3n) is 4.33. The molecular formula is C16H24O. The van der Waals surface area contributed by atoms with Crippen molar-refractivity contribution < 1.29 is 5.11 Å². The number of hydrogen-bond donors (Lipinski definition) is 1. The Balaban J connectivity index is 1.81. The fourth-order valence-corrected chi connectivity index (χ4v) is 3.01. The average Bonchev–Trinajstić information content (AvgIpc) is 2.35. The smallest absolute Gasteiger partial charge is 0.0673 e. The first-order chi connectivity index (χ1) is 8.21. The van der Waals surface area contributed by atoms with Crippen LogP contribution in [0, 0.1) is 5.92 Å². The van der Waals surface area contributed by atoms with E-state index in [1.807, 2.05) is 0 Å². The van der Waals surface area contributed by atoms with Crippen LogP contribution in [-0.4, -0.2) is 10.7 Å². The van der Waals surface area contributed by atoms with Gasteiger partial charge in [0.05, 0.1) is 5.60 Å². The van der Waals surface area contributed by atoms with Gasteiger partial charge in [0, 0.05) is 0 Å². The molecule has 17 heavy (non-hydrogen) atoms. The quantitative estimate of drug-likeness (QED) is 0.833. The monoisotopic (exact) mass is 232 g/mol. The highest BCUT2D eigenvalue weighted by Gasteiger charge is 2.34.